The number of anilines is 1. The Hall–Kier alpha value is -3.29. The largest absolute Gasteiger partial charge is 0.455 e. The average Bonchev–Trinajstić information content (AvgIpc) is 3.21. The lowest BCUT2D eigenvalue weighted by molar-refractivity contribution is 0.103. The molecular weight excluding hydrogens is 413 g/mol. The molecule has 0 aliphatic rings. The normalized spacial score (nSPS) is 10.6. The number of carbonyl (C=O) groups is 1. The summed E-state index contributed by atoms with van der Waals surface area (Å²) in [4.78, 5) is 13.2. The van der Waals surface area contributed by atoms with Gasteiger partial charge in [-0.1, -0.05) is 34.3 Å². The predicted octanol–water partition coefficient (Wildman–Crippen LogP) is 6.04. The molecule has 5 nitrogen and oxygen atoms in total. The molecule has 0 saturated heterocycles. The lowest BCUT2D eigenvalue weighted by atomic mass is 10.1. The Morgan fingerprint density at radius 1 is 1.03 bits per heavy atom. The second-order valence-corrected chi connectivity index (χ2v) is 7.16. The van der Waals surface area contributed by atoms with Crippen LogP contribution in [-0.2, 0) is 0 Å². The summed E-state index contributed by atoms with van der Waals surface area (Å²) in [5.41, 5.74) is 1.38. The lowest BCUT2D eigenvalue weighted by Crippen LogP contribution is -2.12. The SMILES string of the molecule is O=C(Nc1cc(Cl)ccc1Oc1ccccc1)c1snnc1-c1ccc(F)cc1. The van der Waals surface area contributed by atoms with Crippen LogP contribution in [0.3, 0.4) is 0 Å². The minimum Gasteiger partial charge on any atom is -0.455 e. The Labute approximate surface area is 174 Å². The van der Waals surface area contributed by atoms with Crippen molar-refractivity contribution in [2.24, 2.45) is 0 Å². The molecule has 0 spiro atoms. The first kappa shape index (κ1) is 19.0. The van der Waals surface area contributed by atoms with Crippen molar-refractivity contribution in [3.05, 3.63) is 88.5 Å². The summed E-state index contributed by atoms with van der Waals surface area (Å²) in [6.45, 7) is 0. The molecule has 3 aromatic carbocycles. The van der Waals surface area contributed by atoms with Gasteiger partial charge in [0.15, 0.2) is 5.75 Å². The van der Waals surface area contributed by atoms with Crippen molar-refractivity contribution in [1.82, 2.24) is 9.59 Å². The highest BCUT2D eigenvalue weighted by Crippen LogP contribution is 2.33. The minimum atomic E-state index is -0.417. The van der Waals surface area contributed by atoms with Gasteiger partial charge in [0.2, 0.25) is 0 Å². The molecule has 29 heavy (non-hydrogen) atoms. The number of carbonyl (C=O) groups excluding carboxylic acids is 1. The maximum Gasteiger partial charge on any atom is 0.269 e. The molecule has 0 unspecified atom stereocenters. The lowest BCUT2D eigenvalue weighted by Gasteiger charge is -2.12. The fraction of sp³-hybridized carbons (Fsp3) is 0. The molecule has 1 aromatic heterocycles. The Bertz CT molecular complexity index is 1150. The van der Waals surface area contributed by atoms with Crippen molar-refractivity contribution in [3.8, 4) is 22.8 Å². The van der Waals surface area contributed by atoms with Gasteiger partial charge in [0.1, 0.15) is 22.1 Å². The number of halogens is 2. The van der Waals surface area contributed by atoms with Crippen LogP contribution in [0.15, 0.2) is 72.8 Å². The molecule has 144 valence electrons. The Morgan fingerprint density at radius 2 is 1.79 bits per heavy atom. The fourth-order valence-electron chi connectivity index (χ4n) is 2.62. The van der Waals surface area contributed by atoms with Gasteiger partial charge in [-0.3, -0.25) is 4.79 Å². The number of nitrogens with zero attached hydrogens (tertiary/aromatic N) is 2. The summed E-state index contributed by atoms with van der Waals surface area (Å²) in [6, 6.07) is 19.8. The maximum absolute atomic E-state index is 13.2. The van der Waals surface area contributed by atoms with Crippen LogP contribution in [0.5, 0.6) is 11.5 Å². The molecule has 0 aliphatic carbocycles. The highest BCUT2D eigenvalue weighted by molar-refractivity contribution is 7.08. The van der Waals surface area contributed by atoms with E-state index in [2.05, 4.69) is 14.9 Å². The van der Waals surface area contributed by atoms with Gasteiger partial charge >= 0.3 is 0 Å². The summed E-state index contributed by atoms with van der Waals surface area (Å²) in [5.74, 6) is 0.274. The molecule has 8 heteroatoms. The summed E-state index contributed by atoms with van der Waals surface area (Å²) >= 11 is 7.05. The van der Waals surface area contributed by atoms with Crippen molar-refractivity contribution in [1.29, 1.82) is 0 Å². The molecular formula is C21H13ClFN3O2S. The first-order chi connectivity index (χ1) is 14.1. The molecule has 1 N–H and O–H groups in total. The summed E-state index contributed by atoms with van der Waals surface area (Å²) in [5, 5.41) is 7.26. The minimum absolute atomic E-state index is 0.294. The molecule has 0 aliphatic heterocycles. The second kappa shape index (κ2) is 8.38. The number of hydrogen-bond donors (Lipinski definition) is 1. The number of benzene rings is 3. The van der Waals surface area contributed by atoms with E-state index in [9.17, 15) is 9.18 Å². The molecule has 0 atom stereocenters. The molecule has 4 aromatic rings. The van der Waals surface area contributed by atoms with Crippen molar-refractivity contribution in [2.45, 2.75) is 0 Å². The van der Waals surface area contributed by atoms with E-state index in [-0.39, 0.29) is 5.82 Å². The van der Waals surface area contributed by atoms with Gasteiger partial charge in [0, 0.05) is 10.6 Å². The Kier molecular flexibility index (Phi) is 5.50. The van der Waals surface area contributed by atoms with Crippen LogP contribution in [0.4, 0.5) is 10.1 Å². The van der Waals surface area contributed by atoms with Crippen molar-refractivity contribution in [3.63, 3.8) is 0 Å². The molecule has 1 amide bonds. The first-order valence-electron chi connectivity index (χ1n) is 8.52. The van der Waals surface area contributed by atoms with Gasteiger partial charge in [0.05, 0.1) is 5.69 Å². The number of rotatable bonds is 5. The van der Waals surface area contributed by atoms with Crippen LogP contribution in [0.2, 0.25) is 5.02 Å². The first-order valence-corrected chi connectivity index (χ1v) is 9.67. The van der Waals surface area contributed by atoms with Crippen LogP contribution in [0, 0.1) is 5.82 Å². The van der Waals surface area contributed by atoms with E-state index in [1.807, 2.05) is 18.2 Å². The summed E-state index contributed by atoms with van der Waals surface area (Å²) < 4.78 is 22.9. The molecule has 0 saturated carbocycles. The van der Waals surface area contributed by atoms with Crippen LogP contribution < -0.4 is 10.1 Å². The zero-order valence-corrected chi connectivity index (χ0v) is 16.4. The van der Waals surface area contributed by atoms with Gasteiger partial charge in [-0.05, 0) is 66.1 Å². The van der Waals surface area contributed by atoms with Crippen LogP contribution in [0.25, 0.3) is 11.3 Å². The van der Waals surface area contributed by atoms with E-state index in [4.69, 9.17) is 16.3 Å². The highest BCUT2D eigenvalue weighted by Gasteiger charge is 2.20. The fourth-order valence-corrected chi connectivity index (χ4v) is 3.38. The summed E-state index contributed by atoms with van der Waals surface area (Å²) in [6.07, 6.45) is 0. The number of hydrogen-bond acceptors (Lipinski definition) is 5. The topological polar surface area (TPSA) is 64.1 Å². The number of ether oxygens (including phenoxy) is 1. The quantitative estimate of drug-likeness (QED) is 0.423. The summed E-state index contributed by atoms with van der Waals surface area (Å²) in [7, 11) is 0. The van der Waals surface area contributed by atoms with Gasteiger partial charge in [-0.15, -0.1) is 5.10 Å². The van der Waals surface area contributed by atoms with E-state index < -0.39 is 5.91 Å². The predicted molar refractivity (Wildman–Crippen MR) is 111 cm³/mol. The van der Waals surface area contributed by atoms with E-state index >= 15 is 0 Å². The zero-order chi connectivity index (χ0) is 20.2. The standard InChI is InChI=1S/C21H13ClFN3O2S/c22-14-8-11-18(28-16-4-2-1-3-5-16)17(12-14)24-21(27)20-19(25-26-29-20)13-6-9-15(23)10-7-13/h1-12H,(H,24,27). The van der Waals surface area contributed by atoms with Crippen molar-refractivity contribution < 1.29 is 13.9 Å². The van der Waals surface area contributed by atoms with E-state index in [0.717, 1.165) is 11.5 Å². The van der Waals surface area contributed by atoms with Gasteiger partial charge in [0.25, 0.3) is 5.91 Å². The van der Waals surface area contributed by atoms with Crippen molar-refractivity contribution >= 4 is 34.7 Å². The smallest absolute Gasteiger partial charge is 0.269 e. The van der Waals surface area contributed by atoms with E-state index in [0.29, 0.717) is 38.3 Å². The molecule has 4 rings (SSSR count). The molecule has 0 radical (unpaired) electrons. The number of amides is 1. The third-order valence-electron chi connectivity index (χ3n) is 3.97. The molecule has 1 heterocycles. The molecule has 0 bridgehead atoms. The Balaban J connectivity index is 1.62. The van der Waals surface area contributed by atoms with Gasteiger partial charge < -0.3 is 10.1 Å². The maximum atomic E-state index is 13.2. The Morgan fingerprint density at radius 3 is 2.55 bits per heavy atom. The third-order valence-corrected chi connectivity index (χ3v) is 4.93. The second-order valence-electron chi connectivity index (χ2n) is 5.97. The zero-order valence-electron chi connectivity index (χ0n) is 14.8. The van der Waals surface area contributed by atoms with Gasteiger partial charge in [-0.25, -0.2) is 4.39 Å². The highest BCUT2D eigenvalue weighted by atomic mass is 35.5. The van der Waals surface area contributed by atoms with Gasteiger partial charge in [-0.2, -0.15) is 0 Å². The van der Waals surface area contributed by atoms with Crippen LogP contribution in [-0.4, -0.2) is 15.5 Å². The van der Waals surface area contributed by atoms with Crippen LogP contribution in [0.1, 0.15) is 9.67 Å². The molecule has 0 fully saturated rings. The number of aromatic nitrogens is 2. The van der Waals surface area contributed by atoms with Crippen LogP contribution >= 0.6 is 23.1 Å². The third kappa shape index (κ3) is 4.42. The number of para-hydroxylation sites is 1. The van der Waals surface area contributed by atoms with E-state index in [1.54, 1.807) is 42.5 Å². The van der Waals surface area contributed by atoms with Crippen molar-refractivity contribution in [2.75, 3.05) is 5.32 Å². The monoisotopic (exact) mass is 425 g/mol. The number of nitrogens with one attached hydrogen (secondary N) is 1. The van der Waals surface area contributed by atoms with E-state index in [1.165, 1.54) is 12.1 Å². The average molecular weight is 426 g/mol.